The maximum absolute atomic E-state index is 11.8. The fraction of sp³-hybridized carbons (Fsp3) is 0.526. The molecule has 0 aliphatic carbocycles. The second-order valence-electron chi connectivity index (χ2n) is 5.52. The van der Waals surface area contributed by atoms with Gasteiger partial charge in [0, 0.05) is 18.5 Å². The van der Waals surface area contributed by atoms with Crippen molar-refractivity contribution in [3.8, 4) is 12.3 Å². The number of aryl methyl sites for hydroxylation is 1. The van der Waals surface area contributed by atoms with Gasteiger partial charge in [0.05, 0.1) is 0 Å². The first kappa shape index (κ1) is 17.3. The Morgan fingerprint density at radius 1 is 1.24 bits per heavy atom. The first-order valence-electron chi connectivity index (χ1n) is 8.01. The van der Waals surface area contributed by atoms with E-state index in [-0.39, 0.29) is 5.91 Å². The van der Waals surface area contributed by atoms with Crippen LogP contribution < -0.4 is 5.32 Å². The van der Waals surface area contributed by atoms with Crippen LogP contribution in [0.3, 0.4) is 0 Å². The third-order valence-electron chi connectivity index (χ3n) is 4.02. The summed E-state index contributed by atoms with van der Waals surface area (Å²) in [6.45, 7) is 5.23. The molecule has 0 fully saturated rings. The Kier molecular flexibility index (Phi) is 8.28. The van der Waals surface area contributed by atoms with Crippen molar-refractivity contribution in [2.75, 3.05) is 6.54 Å². The van der Waals surface area contributed by atoms with Crippen molar-refractivity contribution >= 4 is 5.91 Å². The molecule has 0 saturated carbocycles. The van der Waals surface area contributed by atoms with E-state index in [0.717, 1.165) is 37.3 Å². The summed E-state index contributed by atoms with van der Waals surface area (Å²) in [4.78, 5) is 11.8. The zero-order valence-electron chi connectivity index (χ0n) is 13.3. The van der Waals surface area contributed by atoms with Crippen LogP contribution in [-0.2, 0) is 11.2 Å². The molecule has 0 spiro atoms. The SMILES string of the molecule is C#Cc1ccc(CCCC(=O)NCCC(CC)CC)cc1. The maximum Gasteiger partial charge on any atom is 0.220 e. The topological polar surface area (TPSA) is 29.1 Å². The molecular weight excluding hydrogens is 258 g/mol. The van der Waals surface area contributed by atoms with Crippen LogP contribution in [0, 0.1) is 18.3 Å². The number of carbonyl (C=O) groups excluding carboxylic acids is 1. The predicted octanol–water partition coefficient (Wildman–Crippen LogP) is 3.93. The molecule has 0 aliphatic rings. The second-order valence-corrected chi connectivity index (χ2v) is 5.52. The van der Waals surface area contributed by atoms with E-state index in [1.807, 2.05) is 24.3 Å². The number of amides is 1. The Hall–Kier alpha value is -1.75. The van der Waals surface area contributed by atoms with E-state index in [4.69, 9.17) is 6.42 Å². The fourth-order valence-corrected chi connectivity index (χ4v) is 2.42. The summed E-state index contributed by atoms with van der Waals surface area (Å²) in [5.41, 5.74) is 2.14. The lowest BCUT2D eigenvalue weighted by molar-refractivity contribution is -0.121. The summed E-state index contributed by atoms with van der Waals surface area (Å²) in [6.07, 6.45) is 11.2. The number of hydrogen-bond donors (Lipinski definition) is 1. The van der Waals surface area contributed by atoms with Crippen LogP contribution in [0.5, 0.6) is 0 Å². The van der Waals surface area contributed by atoms with Gasteiger partial charge in [-0.25, -0.2) is 0 Å². The molecule has 2 nitrogen and oxygen atoms in total. The smallest absolute Gasteiger partial charge is 0.220 e. The van der Waals surface area contributed by atoms with Crippen LogP contribution in [-0.4, -0.2) is 12.5 Å². The van der Waals surface area contributed by atoms with Gasteiger partial charge in [0.15, 0.2) is 0 Å². The minimum atomic E-state index is 0.168. The summed E-state index contributed by atoms with van der Waals surface area (Å²) in [7, 11) is 0. The molecule has 114 valence electrons. The fourth-order valence-electron chi connectivity index (χ4n) is 2.42. The van der Waals surface area contributed by atoms with E-state index in [1.54, 1.807) is 0 Å². The largest absolute Gasteiger partial charge is 0.356 e. The van der Waals surface area contributed by atoms with Crippen LogP contribution in [0.2, 0.25) is 0 Å². The molecule has 21 heavy (non-hydrogen) atoms. The lowest BCUT2D eigenvalue weighted by atomic mass is 10.00. The lowest BCUT2D eigenvalue weighted by Gasteiger charge is -2.12. The summed E-state index contributed by atoms with van der Waals surface area (Å²) in [5.74, 6) is 3.51. The van der Waals surface area contributed by atoms with Crippen molar-refractivity contribution in [3.05, 3.63) is 35.4 Å². The van der Waals surface area contributed by atoms with Gasteiger partial charge in [-0.15, -0.1) is 6.42 Å². The number of terminal acetylenes is 1. The number of carbonyl (C=O) groups is 1. The lowest BCUT2D eigenvalue weighted by Crippen LogP contribution is -2.25. The van der Waals surface area contributed by atoms with Crippen molar-refractivity contribution in [3.63, 3.8) is 0 Å². The maximum atomic E-state index is 11.8. The quantitative estimate of drug-likeness (QED) is 0.684. The Balaban J connectivity index is 2.17. The molecule has 2 heteroatoms. The molecule has 1 aromatic carbocycles. The van der Waals surface area contributed by atoms with E-state index in [2.05, 4.69) is 25.1 Å². The highest BCUT2D eigenvalue weighted by Crippen LogP contribution is 2.11. The average Bonchev–Trinajstić information content (AvgIpc) is 2.52. The molecule has 0 aromatic heterocycles. The molecule has 0 unspecified atom stereocenters. The molecule has 1 aromatic rings. The molecule has 0 bridgehead atoms. The van der Waals surface area contributed by atoms with E-state index in [9.17, 15) is 4.79 Å². The minimum absolute atomic E-state index is 0.168. The van der Waals surface area contributed by atoms with E-state index in [0.29, 0.717) is 6.42 Å². The molecule has 1 N–H and O–H groups in total. The third-order valence-corrected chi connectivity index (χ3v) is 4.02. The molecule has 0 aliphatic heterocycles. The Labute approximate surface area is 129 Å². The van der Waals surface area contributed by atoms with Gasteiger partial charge in [-0.1, -0.05) is 44.7 Å². The summed E-state index contributed by atoms with van der Waals surface area (Å²) < 4.78 is 0. The van der Waals surface area contributed by atoms with Crippen molar-refractivity contribution in [2.45, 2.75) is 52.4 Å². The predicted molar refractivity (Wildman–Crippen MR) is 89.0 cm³/mol. The average molecular weight is 285 g/mol. The van der Waals surface area contributed by atoms with E-state index >= 15 is 0 Å². The Bertz CT molecular complexity index is 451. The molecule has 1 rings (SSSR count). The standard InChI is InChI=1S/C19H27NO/c1-4-16(5-2)14-15-20-19(21)9-7-8-18-12-10-17(6-3)11-13-18/h3,10-13,16H,4-5,7-9,14-15H2,1-2H3,(H,20,21). The highest BCUT2D eigenvalue weighted by Gasteiger charge is 2.05. The van der Waals surface area contributed by atoms with Gasteiger partial charge in [-0.2, -0.15) is 0 Å². The normalized spacial score (nSPS) is 10.4. The summed E-state index contributed by atoms with van der Waals surface area (Å²) in [5, 5.41) is 3.02. The van der Waals surface area contributed by atoms with Crippen molar-refractivity contribution in [1.82, 2.24) is 5.32 Å². The third kappa shape index (κ3) is 6.99. The van der Waals surface area contributed by atoms with Gasteiger partial charge in [0.1, 0.15) is 0 Å². The first-order valence-corrected chi connectivity index (χ1v) is 8.01. The van der Waals surface area contributed by atoms with Crippen LogP contribution in [0.4, 0.5) is 0 Å². The van der Waals surface area contributed by atoms with Crippen molar-refractivity contribution < 1.29 is 4.79 Å². The zero-order valence-corrected chi connectivity index (χ0v) is 13.3. The molecule has 0 atom stereocenters. The molecule has 0 heterocycles. The monoisotopic (exact) mass is 285 g/mol. The van der Waals surface area contributed by atoms with Crippen LogP contribution >= 0.6 is 0 Å². The van der Waals surface area contributed by atoms with E-state index in [1.165, 1.54) is 18.4 Å². The highest BCUT2D eigenvalue weighted by atomic mass is 16.1. The molecule has 0 radical (unpaired) electrons. The van der Waals surface area contributed by atoms with Gasteiger partial charge in [0.25, 0.3) is 0 Å². The minimum Gasteiger partial charge on any atom is -0.356 e. The molecule has 0 saturated heterocycles. The van der Waals surface area contributed by atoms with Crippen LogP contribution in [0.25, 0.3) is 0 Å². The Morgan fingerprint density at radius 3 is 2.48 bits per heavy atom. The highest BCUT2D eigenvalue weighted by molar-refractivity contribution is 5.75. The van der Waals surface area contributed by atoms with Gasteiger partial charge in [-0.05, 0) is 42.9 Å². The van der Waals surface area contributed by atoms with Crippen molar-refractivity contribution in [1.29, 1.82) is 0 Å². The molecular formula is C19H27NO. The Morgan fingerprint density at radius 2 is 1.90 bits per heavy atom. The van der Waals surface area contributed by atoms with Gasteiger partial charge >= 0.3 is 0 Å². The van der Waals surface area contributed by atoms with E-state index < -0.39 is 0 Å². The summed E-state index contributed by atoms with van der Waals surface area (Å²) >= 11 is 0. The van der Waals surface area contributed by atoms with Crippen molar-refractivity contribution in [2.24, 2.45) is 5.92 Å². The zero-order chi connectivity index (χ0) is 15.5. The van der Waals surface area contributed by atoms with Crippen LogP contribution in [0.15, 0.2) is 24.3 Å². The second kappa shape index (κ2) is 10.0. The number of rotatable bonds is 9. The molecule has 1 amide bonds. The number of hydrogen-bond acceptors (Lipinski definition) is 1. The summed E-state index contributed by atoms with van der Waals surface area (Å²) in [6, 6.07) is 7.98. The van der Waals surface area contributed by atoms with Gasteiger partial charge in [0.2, 0.25) is 5.91 Å². The first-order chi connectivity index (χ1) is 10.2. The van der Waals surface area contributed by atoms with Gasteiger partial charge < -0.3 is 5.32 Å². The number of benzene rings is 1. The number of nitrogens with one attached hydrogen (secondary N) is 1. The van der Waals surface area contributed by atoms with Gasteiger partial charge in [-0.3, -0.25) is 4.79 Å². The van der Waals surface area contributed by atoms with Crippen LogP contribution in [0.1, 0.15) is 57.1 Å².